The molecule has 0 aromatic heterocycles. The van der Waals surface area contributed by atoms with Crippen molar-refractivity contribution >= 4 is 17.5 Å². The van der Waals surface area contributed by atoms with Crippen LogP contribution in [0.4, 0.5) is 0 Å². The second-order valence-electron chi connectivity index (χ2n) is 4.78. The van der Waals surface area contributed by atoms with Crippen LogP contribution in [0.1, 0.15) is 31.4 Å². The second-order valence-corrected chi connectivity index (χ2v) is 5.22. The Balaban J connectivity index is 2.06. The maximum Gasteiger partial charge on any atom is 0.239 e. The van der Waals surface area contributed by atoms with Gasteiger partial charge >= 0.3 is 0 Å². The first-order valence-corrected chi connectivity index (χ1v) is 6.76. The first-order valence-electron chi connectivity index (χ1n) is 6.38. The van der Waals surface area contributed by atoms with Crippen molar-refractivity contribution in [3.63, 3.8) is 0 Å². The van der Waals surface area contributed by atoms with E-state index < -0.39 is 0 Å². The molecule has 3 nitrogen and oxygen atoms in total. The van der Waals surface area contributed by atoms with Gasteiger partial charge in [0.25, 0.3) is 0 Å². The standard InChI is InChI=1S/C14H19ClN2O/c1-3-12(10-4-6-11(15)7-5-10)16-13-8-9-17(2)14(13)18/h4-7,12-13,16H,3,8-9H2,1-2H3. The number of carbonyl (C=O) groups is 1. The average molecular weight is 267 g/mol. The molecule has 1 saturated heterocycles. The fourth-order valence-corrected chi connectivity index (χ4v) is 2.49. The summed E-state index contributed by atoms with van der Waals surface area (Å²) in [5, 5.41) is 4.19. The SMILES string of the molecule is CCC(NC1CCN(C)C1=O)c1ccc(Cl)cc1. The molecule has 98 valence electrons. The van der Waals surface area contributed by atoms with Gasteiger partial charge in [0.1, 0.15) is 0 Å². The highest BCUT2D eigenvalue weighted by molar-refractivity contribution is 6.30. The van der Waals surface area contributed by atoms with Gasteiger partial charge in [0, 0.05) is 24.7 Å². The third-order valence-corrected chi connectivity index (χ3v) is 3.76. The van der Waals surface area contributed by atoms with E-state index in [-0.39, 0.29) is 18.0 Å². The first-order chi connectivity index (χ1) is 8.61. The topological polar surface area (TPSA) is 32.3 Å². The molecule has 2 unspecified atom stereocenters. The summed E-state index contributed by atoms with van der Waals surface area (Å²) in [4.78, 5) is 13.7. The lowest BCUT2D eigenvalue weighted by Crippen LogP contribution is -2.39. The largest absolute Gasteiger partial charge is 0.344 e. The van der Waals surface area contributed by atoms with Crippen molar-refractivity contribution in [2.45, 2.75) is 31.8 Å². The number of likely N-dealkylation sites (tertiary alicyclic amines) is 1. The van der Waals surface area contributed by atoms with Crippen LogP contribution in [0, 0.1) is 0 Å². The number of carbonyl (C=O) groups excluding carboxylic acids is 1. The van der Waals surface area contributed by atoms with E-state index in [9.17, 15) is 4.79 Å². The molecule has 1 N–H and O–H groups in total. The minimum atomic E-state index is -0.0457. The summed E-state index contributed by atoms with van der Waals surface area (Å²) in [6, 6.07) is 7.99. The van der Waals surface area contributed by atoms with Gasteiger partial charge in [0.05, 0.1) is 6.04 Å². The van der Waals surface area contributed by atoms with Gasteiger partial charge in [-0.05, 0) is 30.5 Å². The smallest absolute Gasteiger partial charge is 0.239 e. The number of rotatable bonds is 4. The van der Waals surface area contributed by atoms with Crippen LogP contribution in [0.15, 0.2) is 24.3 Å². The molecule has 1 amide bonds. The number of nitrogens with zero attached hydrogens (tertiary/aromatic N) is 1. The van der Waals surface area contributed by atoms with E-state index in [2.05, 4.69) is 12.2 Å². The van der Waals surface area contributed by atoms with Crippen LogP contribution in [0.2, 0.25) is 5.02 Å². The van der Waals surface area contributed by atoms with Gasteiger partial charge < -0.3 is 4.90 Å². The molecule has 1 aromatic rings. The van der Waals surface area contributed by atoms with E-state index in [1.807, 2.05) is 31.3 Å². The number of halogens is 1. The molecule has 0 spiro atoms. The van der Waals surface area contributed by atoms with Gasteiger partial charge in [-0.1, -0.05) is 30.7 Å². The Kier molecular flexibility index (Phi) is 4.25. The Morgan fingerprint density at radius 1 is 1.44 bits per heavy atom. The molecular weight excluding hydrogens is 248 g/mol. The average Bonchev–Trinajstić information content (AvgIpc) is 2.69. The lowest BCUT2D eigenvalue weighted by atomic mass is 10.0. The van der Waals surface area contributed by atoms with E-state index >= 15 is 0 Å². The van der Waals surface area contributed by atoms with Gasteiger partial charge in [0.15, 0.2) is 0 Å². The third kappa shape index (κ3) is 2.85. The Hall–Kier alpha value is -1.06. The van der Waals surface area contributed by atoms with Gasteiger partial charge in [-0.25, -0.2) is 0 Å². The quantitative estimate of drug-likeness (QED) is 0.909. The molecule has 0 radical (unpaired) electrons. The molecule has 0 bridgehead atoms. The van der Waals surface area contributed by atoms with Crippen molar-refractivity contribution in [1.29, 1.82) is 0 Å². The number of nitrogens with one attached hydrogen (secondary N) is 1. The second kappa shape index (κ2) is 5.72. The van der Waals surface area contributed by atoms with Crippen molar-refractivity contribution in [3.05, 3.63) is 34.9 Å². The first kappa shape index (κ1) is 13.4. The van der Waals surface area contributed by atoms with Crippen LogP contribution in [0.5, 0.6) is 0 Å². The Bertz CT molecular complexity index is 418. The van der Waals surface area contributed by atoms with Crippen LogP contribution in [0.25, 0.3) is 0 Å². The van der Waals surface area contributed by atoms with Crippen molar-refractivity contribution in [3.8, 4) is 0 Å². The maximum absolute atomic E-state index is 11.9. The Labute approximate surface area is 113 Å². The molecule has 18 heavy (non-hydrogen) atoms. The highest BCUT2D eigenvalue weighted by atomic mass is 35.5. The lowest BCUT2D eigenvalue weighted by Gasteiger charge is -2.21. The summed E-state index contributed by atoms with van der Waals surface area (Å²) in [7, 11) is 1.85. The minimum absolute atomic E-state index is 0.0457. The summed E-state index contributed by atoms with van der Waals surface area (Å²) in [6.45, 7) is 2.96. The fraction of sp³-hybridized carbons (Fsp3) is 0.500. The maximum atomic E-state index is 11.9. The number of hydrogen-bond donors (Lipinski definition) is 1. The van der Waals surface area contributed by atoms with Gasteiger partial charge in [-0.3, -0.25) is 10.1 Å². The van der Waals surface area contributed by atoms with Crippen molar-refractivity contribution in [2.24, 2.45) is 0 Å². The van der Waals surface area contributed by atoms with Gasteiger partial charge in [-0.15, -0.1) is 0 Å². The summed E-state index contributed by atoms with van der Waals surface area (Å²) < 4.78 is 0. The van der Waals surface area contributed by atoms with E-state index in [0.29, 0.717) is 0 Å². The van der Waals surface area contributed by atoms with Crippen molar-refractivity contribution in [2.75, 3.05) is 13.6 Å². The number of amides is 1. The molecule has 4 heteroatoms. The molecule has 2 rings (SSSR count). The van der Waals surface area contributed by atoms with Gasteiger partial charge in [-0.2, -0.15) is 0 Å². The van der Waals surface area contributed by atoms with Crippen molar-refractivity contribution < 1.29 is 4.79 Å². The highest BCUT2D eigenvalue weighted by Gasteiger charge is 2.30. The molecule has 2 atom stereocenters. The number of likely N-dealkylation sites (N-methyl/N-ethyl adjacent to an activating group) is 1. The molecule has 0 saturated carbocycles. The van der Waals surface area contributed by atoms with E-state index in [4.69, 9.17) is 11.6 Å². The predicted molar refractivity (Wildman–Crippen MR) is 73.7 cm³/mol. The number of hydrogen-bond acceptors (Lipinski definition) is 2. The zero-order valence-corrected chi connectivity index (χ0v) is 11.6. The molecule has 1 aromatic carbocycles. The van der Waals surface area contributed by atoms with Crippen LogP contribution in [0.3, 0.4) is 0 Å². The van der Waals surface area contributed by atoms with Crippen LogP contribution < -0.4 is 5.32 Å². The molecule has 0 aliphatic carbocycles. The van der Waals surface area contributed by atoms with Crippen LogP contribution >= 0.6 is 11.6 Å². The van der Waals surface area contributed by atoms with E-state index in [1.54, 1.807) is 4.90 Å². The fourth-order valence-electron chi connectivity index (χ4n) is 2.36. The van der Waals surface area contributed by atoms with Gasteiger partial charge in [0.2, 0.25) is 5.91 Å². The molecule has 1 aliphatic rings. The summed E-state index contributed by atoms with van der Waals surface area (Å²) in [5.41, 5.74) is 1.18. The normalized spacial score (nSPS) is 21.4. The molecular formula is C14H19ClN2O. The van der Waals surface area contributed by atoms with Crippen LogP contribution in [-0.2, 0) is 4.79 Å². The molecule has 1 fully saturated rings. The summed E-state index contributed by atoms with van der Waals surface area (Å²) in [6.07, 6.45) is 1.84. The summed E-state index contributed by atoms with van der Waals surface area (Å²) >= 11 is 5.89. The molecule has 1 aliphatic heterocycles. The monoisotopic (exact) mass is 266 g/mol. The van der Waals surface area contributed by atoms with E-state index in [0.717, 1.165) is 24.4 Å². The zero-order valence-electron chi connectivity index (χ0n) is 10.8. The third-order valence-electron chi connectivity index (χ3n) is 3.51. The highest BCUT2D eigenvalue weighted by Crippen LogP contribution is 2.21. The zero-order chi connectivity index (χ0) is 13.1. The van der Waals surface area contributed by atoms with E-state index in [1.165, 1.54) is 5.56 Å². The predicted octanol–water partition coefficient (Wildman–Crippen LogP) is 2.61. The van der Waals surface area contributed by atoms with Crippen molar-refractivity contribution in [1.82, 2.24) is 10.2 Å². The summed E-state index contributed by atoms with van der Waals surface area (Å²) in [5.74, 6) is 0.197. The minimum Gasteiger partial charge on any atom is -0.344 e. The Morgan fingerprint density at radius 2 is 2.11 bits per heavy atom. The Morgan fingerprint density at radius 3 is 2.61 bits per heavy atom. The molecule has 1 heterocycles. The number of benzene rings is 1. The van der Waals surface area contributed by atoms with Crippen LogP contribution in [-0.4, -0.2) is 30.4 Å². The lowest BCUT2D eigenvalue weighted by molar-refractivity contribution is -0.128.